The molecule has 0 aliphatic carbocycles. The Bertz CT molecular complexity index is 720. The van der Waals surface area contributed by atoms with E-state index in [1.54, 1.807) is 18.0 Å². The van der Waals surface area contributed by atoms with Crippen molar-refractivity contribution in [3.05, 3.63) is 54.2 Å². The molecule has 138 valence electrons. The number of benzene rings is 1. The highest BCUT2D eigenvalue weighted by Crippen LogP contribution is 2.22. The van der Waals surface area contributed by atoms with E-state index in [2.05, 4.69) is 29.5 Å². The van der Waals surface area contributed by atoms with Gasteiger partial charge in [-0.25, -0.2) is 4.98 Å². The van der Waals surface area contributed by atoms with E-state index >= 15 is 0 Å². The van der Waals surface area contributed by atoms with Gasteiger partial charge in [0.25, 0.3) is 0 Å². The first kappa shape index (κ1) is 20.0. The second-order valence-electron chi connectivity index (χ2n) is 6.41. The Morgan fingerprint density at radius 2 is 1.96 bits per heavy atom. The largest absolute Gasteiger partial charge is 0.347 e. The van der Waals surface area contributed by atoms with E-state index in [1.807, 2.05) is 42.5 Å². The Kier molecular flexibility index (Phi) is 8.15. The fraction of sp³-hybridized carbons (Fsp3) is 0.350. The smallest absolute Gasteiger partial charge is 0.243 e. The average Bonchev–Trinajstić information content (AvgIpc) is 2.64. The van der Waals surface area contributed by atoms with Crippen molar-refractivity contribution < 1.29 is 9.59 Å². The first-order chi connectivity index (χ1) is 12.5. The maximum atomic E-state index is 12.0. The quantitative estimate of drug-likeness (QED) is 0.657. The van der Waals surface area contributed by atoms with Gasteiger partial charge < -0.3 is 10.6 Å². The molecule has 2 amide bonds. The molecule has 0 radical (unpaired) electrons. The predicted molar refractivity (Wildman–Crippen MR) is 106 cm³/mol. The van der Waals surface area contributed by atoms with Gasteiger partial charge in [-0.1, -0.05) is 32.0 Å². The first-order valence-corrected chi connectivity index (χ1v) is 9.71. The summed E-state index contributed by atoms with van der Waals surface area (Å²) in [4.78, 5) is 28.0. The summed E-state index contributed by atoms with van der Waals surface area (Å²) in [5, 5.41) is 6.44. The third-order valence-electron chi connectivity index (χ3n) is 3.63. The average molecular weight is 372 g/mol. The van der Waals surface area contributed by atoms with E-state index in [9.17, 15) is 9.59 Å². The molecule has 5 nitrogen and oxygen atoms in total. The van der Waals surface area contributed by atoms with Crippen LogP contribution < -0.4 is 10.6 Å². The van der Waals surface area contributed by atoms with E-state index in [0.717, 1.165) is 28.5 Å². The van der Waals surface area contributed by atoms with Crippen molar-refractivity contribution in [1.29, 1.82) is 0 Å². The summed E-state index contributed by atoms with van der Waals surface area (Å²) >= 11 is 1.64. The number of anilines is 1. The number of pyridine rings is 1. The summed E-state index contributed by atoms with van der Waals surface area (Å²) in [6.07, 6.45) is 3.04. The molecule has 0 aliphatic heterocycles. The first-order valence-electron chi connectivity index (χ1n) is 8.72. The molecule has 0 fully saturated rings. The van der Waals surface area contributed by atoms with E-state index in [-0.39, 0.29) is 18.4 Å². The lowest BCUT2D eigenvalue weighted by atomic mass is 10.1. The standard InChI is InChI=1S/C20H25N3O2S/c1-15(2)9-10-18(24)22-13-19(25)23-17-7-5-6-16(12-17)14-26-20-8-3-4-11-21-20/h3-8,11-12,15H,9-10,13-14H2,1-2H3,(H,22,24)(H,23,25). The molecule has 6 heteroatoms. The molecule has 0 unspecified atom stereocenters. The fourth-order valence-corrected chi connectivity index (χ4v) is 3.03. The molecule has 26 heavy (non-hydrogen) atoms. The fourth-order valence-electron chi connectivity index (χ4n) is 2.22. The Hall–Kier alpha value is -2.34. The highest BCUT2D eigenvalue weighted by Gasteiger charge is 2.07. The number of rotatable bonds is 9. The zero-order chi connectivity index (χ0) is 18.8. The van der Waals surface area contributed by atoms with Crippen molar-refractivity contribution in [2.24, 2.45) is 5.92 Å². The van der Waals surface area contributed by atoms with Crippen LogP contribution in [-0.4, -0.2) is 23.3 Å². The lowest BCUT2D eigenvalue weighted by molar-refractivity contribution is -0.124. The van der Waals surface area contributed by atoms with Crippen molar-refractivity contribution in [3.8, 4) is 0 Å². The summed E-state index contributed by atoms with van der Waals surface area (Å²) < 4.78 is 0. The molecule has 0 atom stereocenters. The Morgan fingerprint density at radius 1 is 1.12 bits per heavy atom. The number of hydrogen-bond acceptors (Lipinski definition) is 4. The second kappa shape index (κ2) is 10.6. The molecule has 0 saturated heterocycles. The minimum Gasteiger partial charge on any atom is -0.347 e. The molecule has 0 bridgehead atoms. The predicted octanol–water partition coefficient (Wildman–Crippen LogP) is 3.86. The third kappa shape index (κ3) is 7.70. The summed E-state index contributed by atoms with van der Waals surface area (Å²) in [6.45, 7) is 4.13. The van der Waals surface area contributed by atoms with Gasteiger partial charge >= 0.3 is 0 Å². The molecule has 1 heterocycles. The number of nitrogens with zero attached hydrogens (tertiary/aromatic N) is 1. The Balaban J connectivity index is 1.78. The van der Waals surface area contributed by atoms with Crippen molar-refractivity contribution in [1.82, 2.24) is 10.3 Å². The summed E-state index contributed by atoms with van der Waals surface area (Å²) in [7, 11) is 0. The zero-order valence-electron chi connectivity index (χ0n) is 15.2. The van der Waals surface area contributed by atoms with Gasteiger partial charge in [-0.3, -0.25) is 9.59 Å². The van der Waals surface area contributed by atoms with E-state index in [0.29, 0.717) is 12.3 Å². The highest BCUT2D eigenvalue weighted by atomic mass is 32.2. The number of hydrogen-bond donors (Lipinski definition) is 2. The number of carbonyl (C=O) groups excluding carboxylic acids is 2. The van der Waals surface area contributed by atoms with Crippen LogP contribution in [0.4, 0.5) is 5.69 Å². The number of amides is 2. The van der Waals surface area contributed by atoms with Crippen LogP contribution in [0.15, 0.2) is 53.7 Å². The van der Waals surface area contributed by atoms with Gasteiger partial charge in [-0.05, 0) is 42.2 Å². The molecular weight excluding hydrogens is 346 g/mol. The monoisotopic (exact) mass is 371 g/mol. The molecule has 0 saturated carbocycles. The van der Waals surface area contributed by atoms with Gasteiger partial charge in [-0.2, -0.15) is 0 Å². The third-order valence-corrected chi connectivity index (χ3v) is 4.65. The zero-order valence-corrected chi connectivity index (χ0v) is 16.0. The van der Waals surface area contributed by atoms with Gasteiger partial charge in [-0.15, -0.1) is 11.8 Å². The van der Waals surface area contributed by atoms with Crippen molar-refractivity contribution in [2.45, 2.75) is 37.5 Å². The molecule has 1 aromatic heterocycles. The molecule has 2 aromatic rings. The maximum Gasteiger partial charge on any atom is 0.243 e. The van der Waals surface area contributed by atoms with Gasteiger partial charge in [0.15, 0.2) is 0 Å². The van der Waals surface area contributed by atoms with Gasteiger partial charge in [0.05, 0.1) is 11.6 Å². The van der Waals surface area contributed by atoms with Crippen molar-refractivity contribution in [3.63, 3.8) is 0 Å². The SMILES string of the molecule is CC(C)CCC(=O)NCC(=O)Nc1cccc(CSc2ccccn2)c1. The number of nitrogens with one attached hydrogen (secondary N) is 2. The van der Waals surface area contributed by atoms with Gasteiger partial charge in [0, 0.05) is 24.1 Å². The summed E-state index contributed by atoms with van der Waals surface area (Å²) in [5.41, 5.74) is 1.82. The van der Waals surface area contributed by atoms with Crippen LogP contribution in [0.2, 0.25) is 0 Å². The van der Waals surface area contributed by atoms with Gasteiger partial charge in [0.1, 0.15) is 0 Å². The van der Waals surface area contributed by atoms with Gasteiger partial charge in [0.2, 0.25) is 11.8 Å². The molecule has 2 N–H and O–H groups in total. The van der Waals surface area contributed by atoms with Crippen LogP contribution in [0.3, 0.4) is 0 Å². The lowest BCUT2D eigenvalue weighted by Crippen LogP contribution is -2.32. The maximum absolute atomic E-state index is 12.0. The van der Waals surface area contributed by atoms with E-state index in [1.165, 1.54) is 0 Å². The normalized spacial score (nSPS) is 10.6. The molecule has 2 rings (SSSR count). The molecule has 1 aromatic carbocycles. The van der Waals surface area contributed by atoms with Crippen LogP contribution in [0.5, 0.6) is 0 Å². The minimum absolute atomic E-state index is 0.0101. The van der Waals surface area contributed by atoms with Crippen molar-refractivity contribution in [2.75, 3.05) is 11.9 Å². The minimum atomic E-state index is -0.225. The summed E-state index contributed by atoms with van der Waals surface area (Å²) in [5.74, 6) is 0.931. The second-order valence-corrected chi connectivity index (χ2v) is 7.41. The van der Waals surface area contributed by atoms with E-state index < -0.39 is 0 Å². The summed E-state index contributed by atoms with van der Waals surface area (Å²) in [6, 6.07) is 13.5. The Morgan fingerprint density at radius 3 is 2.69 bits per heavy atom. The number of aromatic nitrogens is 1. The van der Waals surface area contributed by atoms with Crippen molar-refractivity contribution >= 4 is 29.3 Å². The van der Waals surface area contributed by atoms with Crippen LogP contribution in [0, 0.1) is 5.92 Å². The number of carbonyl (C=O) groups is 2. The highest BCUT2D eigenvalue weighted by molar-refractivity contribution is 7.98. The Labute approximate surface area is 159 Å². The number of thioether (sulfide) groups is 1. The van der Waals surface area contributed by atoms with Crippen LogP contribution in [0.1, 0.15) is 32.3 Å². The molecular formula is C20H25N3O2S. The van der Waals surface area contributed by atoms with Crippen LogP contribution >= 0.6 is 11.8 Å². The molecule has 0 aliphatic rings. The lowest BCUT2D eigenvalue weighted by Gasteiger charge is -2.09. The van der Waals surface area contributed by atoms with E-state index in [4.69, 9.17) is 0 Å². The topological polar surface area (TPSA) is 71.1 Å². The van der Waals surface area contributed by atoms with Crippen LogP contribution in [0.25, 0.3) is 0 Å². The van der Waals surface area contributed by atoms with Crippen LogP contribution in [-0.2, 0) is 15.3 Å². The molecule has 0 spiro atoms.